The SMILES string of the molecule is CC(C)N(c1ccccc1)c1ccc(NC(=O)/C=C/c2cccc([N+](=O)[O-])c2)cc1. The van der Waals surface area contributed by atoms with Gasteiger partial charge in [0.25, 0.3) is 5.69 Å². The first-order chi connectivity index (χ1) is 14.4. The Hall–Kier alpha value is -3.93. The summed E-state index contributed by atoms with van der Waals surface area (Å²) in [6.45, 7) is 4.25. The molecule has 0 heterocycles. The molecule has 3 aromatic rings. The summed E-state index contributed by atoms with van der Waals surface area (Å²) in [4.78, 5) is 24.8. The van der Waals surface area contributed by atoms with Gasteiger partial charge in [0, 0.05) is 41.3 Å². The van der Waals surface area contributed by atoms with Crippen LogP contribution in [0.3, 0.4) is 0 Å². The van der Waals surface area contributed by atoms with E-state index in [2.05, 4.69) is 36.2 Å². The average molecular weight is 401 g/mol. The molecule has 0 aliphatic rings. The number of rotatable bonds is 7. The van der Waals surface area contributed by atoms with Crippen molar-refractivity contribution in [3.8, 4) is 0 Å². The van der Waals surface area contributed by atoms with Crippen LogP contribution in [-0.2, 0) is 4.79 Å². The van der Waals surface area contributed by atoms with Gasteiger partial charge in [-0.25, -0.2) is 0 Å². The predicted octanol–water partition coefficient (Wildman–Crippen LogP) is 5.79. The molecule has 6 nitrogen and oxygen atoms in total. The van der Waals surface area contributed by atoms with Crippen LogP contribution in [0.5, 0.6) is 0 Å². The number of nitro benzene ring substituents is 1. The standard InChI is InChI=1S/C24H23N3O3/c1-18(2)26(21-8-4-3-5-9-21)22-14-12-20(13-15-22)25-24(28)16-11-19-7-6-10-23(17-19)27(29)30/h3-18H,1-2H3,(H,25,28)/b16-11+. The maximum Gasteiger partial charge on any atom is 0.270 e. The molecule has 0 saturated carbocycles. The highest BCUT2D eigenvalue weighted by Gasteiger charge is 2.12. The van der Waals surface area contributed by atoms with Crippen LogP contribution in [0, 0.1) is 10.1 Å². The minimum Gasteiger partial charge on any atom is -0.339 e. The van der Waals surface area contributed by atoms with E-state index >= 15 is 0 Å². The second-order valence-electron chi connectivity index (χ2n) is 7.02. The number of nitrogens with zero attached hydrogens (tertiary/aromatic N) is 2. The smallest absolute Gasteiger partial charge is 0.270 e. The topological polar surface area (TPSA) is 75.5 Å². The van der Waals surface area contributed by atoms with Crippen LogP contribution in [0.2, 0.25) is 0 Å². The fourth-order valence-electron chi connectivity index (χ4n) is 3.14. The van der Waals surface area contributed by atoms with Gasteiger partial charge in [-0.3, -0.25) is 14.9 Å². The molecule has 3 rings (SSSR count). The second-order valence-corrected chi connectivity index (χ2v) is 7.02. The normalized spacial score (nSPS) is 10.9. The van der Waals surface area contributed by atoms with Crippen LogP contribution in [0.15, 0.2) is 84.9 Å². The van der Waals surface area contributed by atoms with Crippen LogP contribution in [-0.4, -0.2) is 16.9 Å². The Morgan fingerprint density at radius 3 is 2.27 bits per heavy atom. The summed E-state index contributed by atoms with van der Waals surface area (Å²) in [5.74, 6) is -0.307. The number of carbonyl (C=O) groups excluding carboxylic acids is 1. The van der Waals surface area contributed by atoms with Crippen molar-refractivity contribution in [2.75, 3.05) is 10.2 Å². The molecule has 0 fully saturated rings. The lowest BCUT2D eigenvalue weighted by Gasteiger charge is -2.29. The molecule has 0 aliphatic heterocycles. The van der Waals surface area contributed by atoms with Crippen molar-refractivity contribution in [2.45, 2.75) is 19.9 Å². The third-order valence-corrected chi connectivity index (χ3v) is 4.47. The van der Waals surface area contributed by atoms with E-state index < -0.39 is 4.92 Å². The highest BCUT2D eigenvalue weighted by Crippen LogP contribution is 2.28. The molecule has 6 heteroatoms. The van der Waals surface area contributed by atoms with E-state index in [0.717, 1.165) is 11.4 Å². The summed E-state index contributed by atoms with van der Waals surface area (Å²) < 4.78 is 0. The lowest BCUT2D eigenvalue weighted by atomic mass is 10.1. The van der Waals surface area contributed by atoms with Gasteiger partial charge in [-0.05, 0) is 61.9 Å². The van der Waals surface area contributed by atoms with E-state index in [-0.39, 0.29) is 17.6 Å². The van der Waals surface area contributed by atoms with Crippen molar-refractivity contribution in [3.63, 3.8) is 0 Å². The molecule has 152 valence electrons. The number of amides is 1. The molecule has 0 saturated heterocycles. The van der Waals surface area contributed by atoms with Crippen LogP contribution in [0.1, 0.15) is 19.4 Å². The second kappa shape index (κ2) is 9.52. The summed E-state index contributed by atoms with van der Waals surface area (Å²) in [5.41, 5.74) is 3.38. The van der Waals surface area contributed by atoms with Gasteiger partial charge in [0.15, 0.2) is 0 Å². The number of nitrogens with one attached hydrogen (secondary N) is 1. The minimum absolute atomic E-state index is 0.0127. The molecule has 0 atom stereocenters. The van der Waals surface area contributed by atoms with Crippen LogP contribution in [0.4, 0.5) is 22.7 Å². The van der Waals surface area contributed by atoms with Gasteiger partial charge in [0.05, 0.1) is 4.92 Å². The predicted molar refractivity (Wildman–Crippen MR) is 121 cm³/mol. The molecule has 3 aromatic carbocycles. The molecular weight excluding hydrogens is 378 g/mol. The highest BCUT2D eigenvalue weighted by molar-refractivity contribution is 6.02. The molecule has 0 aromatic heterocycles. The molecule has 0 bridgehead atoms. The first kappa shape index (κ1) is 20.8. The third kappa shape index (κ3) is 5.32. The summed E-state index contributed by atoms with van der Waals surface area (Å²) >= 11 is 0. The van der Waals surface area contributed by atoms with E-state index in [0.29, 0.717) is 11.3 Å². The Bertz CT molecular complexity index is 1040. The fraction of sp³-hybridized carbons (Fsp3) is 0.125. The first-order valence-electron chi connectivity index (χ1n) is 9.62. The van der Waals surface area contributed by atoms with E-state index in [9.17, 15) is 14.9 Å². The number of nitro groups is 1. The van der Waals surface area contributed by atoms with E-state index in [1.54, 1.807) is 18.2 Å². The van der Waals surface area contributed by atoms with Crippen molar-refractivity contribution >= 4 is 34.7 Å². The number of non-ortho nitro benzene ring substituents is 1. The van der Waals surface area contributed by atoms with Gasteiger partial charge in [0.2, 0.25) is 5.91 Å². The zero-order chi connectivity index (χ0) is 21.5. The van der Waals surface area contributed by atoms with Crippen molar-refractivity contribution in [2.24, 2.45) is 0 Å². The third-order valence-electron chi connectivity index (χ3n) is 4.47. The quantitative estimate of drug-likeness (QED) is 0.309. The summed E-state index contributed by atoms with van der Waals surface area (Å²) in [6.07, 6.45) is 2.91. The molecule has 1 N–H and O–H groups in total. The van der Waals surface area contributed by atoms with E-state index in [1.165, 1.54) is 18.2 Å². The van der Waals surface area contributed by atoms with Crippen molar-refractivity contribution in [3.05, 3.63) is 101 Å². The summed E-state index contributed by atoms with van der Waals surface area (Å²) in [7, 11) is 0. The van der Waals surface area contributed by atoms with E-state index in [1.807, 2.05) is 42.5 Å². The summed E-state index contributed by atoms with van der Waals surface area (Å²) in [6, 6.07) is 24.2. The maximum atomic E-state index is 12.2. The average Bonchev–Trinajstić information content (AvgIpc) is 2.74. The first-order valence-corrected chi connectivity index (χ1v) is 9.62. The minimum atomic E-state index is -0.463. The number of hydrogen-bond donors (Lipinski definition) is 1. The lowest BCUT2D eigenvalue weighted by molar-refractivity contribution is -0.384. The maximum absolute atomic E-state index is 12.2. The Morgan fingerprint density at radius 2 is 1.63 bits per heavy atom. The van der Waals surface area contributed by atoms with E-state index in [4.69, 9.17) is 0 Å². The van der Waals surface area contributed by atoms with Gasteiger partial charge >= 0.3 is 0 Å². The van der Waals surface area contributed by atoms with Crippen LogP contribution >= 0.6 is 0 Å². The monoisotopic (exact) mass is 401 g/mol. The highest BCUT2D eigenvalue weighted by atomic mass is 16.6. The molecule has 0 radical (unpaired) electrons. The molecule has 30 heavy (non-hydrogen) atoms. The van der Waals surface area contributed by atoms with Gasteiger partial charge in [-0.2, -0.15) is 0 Å². The molecular formula is C24H23N3O3. The molecule has 0 aliphatic carbocycles. The number of carbonyl (C=O) groups is 1. The molecule has 1 amide bonds. The van der Waals surface area contributed by atoms with Crippen molar-refractivity contribution in [1.82, 2.24) is 0 Å². The number of hydrogen-bond acceptors (Lipinski definition) is 4. The lowest BCUT2D eigenvalue weighted by Crippen LogP contribution is -2.25. The Labute approximate surface area is 175 Å². The Morgan fingerprint density at radius 1 is 0.967 bits per heavy atom. The zero-order valence-electron chi connectivity index (χ0n) is 16.9. The zero-order valence-corrected chi connectivity index (χ0v) is 16.9. The van der Waals surface area contributed by atoms with Gasteiger partial charge < -0.3 is 10.2 Å². The largest absolute Gasteiger partial charge is 0.339 e. The number of benzene rings is 3. The van der Waals surface area contributed by atoms with Gasteiger partial charge in [0.1, 0.15) is 0 Å². The molecule has 0 unspecified atom stereocenters. The fourth-order valence-corrected chi connectivity index (χ4v) is 3.14. The van der Waals surface area contributed by atoms with Crippen molar-refractivity contribution in [1.29, 1.82) is 0 Å². The van der Waals surface area contributed by atoms with Gasteiger partial charge in [-0.1, -0.05) is 30.3 Å². The summed E-state index contributed by atoms with van der Waals surface area (Å²) in [5, 5.41) is 13.6. The Balaban J connectivity index is 1.68. The number of para-hydroxylation sites is 1. The Kier molecular flexibility index (Phi) is 6.60. The number of anilines is 3. The van der Waals surface area contributed by atoms with Crippen LogP contribution < -0.4 is 10.2 Å². The molecule has 0 spiro atoms. The van der Waals surface area contributed by atoms with Crippen molar-refractivity contribution < 1.29 is 9.72 Å². The van der Waals surface area contributed by atoms with Crippen LogP contribution in [0.25, 0.3) is 6.08 Å². The van der Waals surface area contributed by atoms with Gasteiger partial charge in [-0.15, -0.1) is 0 Å².